The average molecular weight is 411 g/mol. The van der Waals surface area contributed by atoms with Gasteiger partial charge < -0.3 is 14.8 Å². The van der Waals surface area contributed by atoms with Crippen molar-refractivity contribution in [2.45, 2.75) is 53.1 Å². The van der Waals surface area contributed by atoms with Crippen LogP contribution in [0.25, 0.3) is 0 Å². The molecule has 6 heteroatoms. The minimum atomic E-state index is -0.885. The molecule has 1 heterocycles. The zero-order valence-corrected chi connectivity index (χ0v) is 18.4. The second-order valence-corrected chi connectivity index (χ2v) is 8.40. The summed E-state index contributed by atoms with van der Waals surface area (Å²) in [7, 11) is 1.29. The number of nitrogens with one attached hydrogen (secondary N) is 1. The molecule has 0 amide bonds. The van der Waals surface area contributed by atoms with Crippen molar-refractivity contribution in [1.29, 1.82) is 0 Å². The molecular formula is C24H29NO5. The number of benzene rings is 1. The Labute approximate surface area is 177 Å². The van der Waals surface area contributed by atoms with Gasteiger partial charge in [-0.25, -0.2) is 4.79 Å². The van der Waals surface area contributed by atoms with Crippen LogP contribution in [0.15, 0.2) is 46.8 Å². The molecule has 0 unspecified atom stereocenters. The molecule has 1 aromatic carbocycles. The fraction of sp³-hybridized carbons (Fsp3) is 0.458. The molecule has 2 aliphatic rings. The van der Waals surface area contributed by atoms with Gasteiger partial charge in [-0.1, -0.05) is 36.8 Å². The van der Waals surface area contributed by atoms with Crippen molar-refractivity contribution in [3.8, 4) is 0 Å². The van der Waals surface area contributed by atoms with Crippen LogP contribution in [-0.4, -0.2) is 30.9 Å². The number of aryl methyl sites for hydroxylation is 1. The van der Waals surface area contributed by atoms with Crippen molar-refractivity contribution in [2.24, 2.45) is 11.8 Å². The summed E-state index contributed by atoms with van der Waals surface area (Å²) in [5, 5.41) is 3.26. The number of carbonyl (C=O) groups is 3. The highest BCUT2D eigenvalue weighted by atomic mass is 16.5. The number of hydrogen-bond donors (Lipinski definition) is 1. The Morgan fingerprint density at radius 1 is 1.13 bits per heavy atom. The molecule has 0 spiro atoms. The summed E-state index contributed by atoms with van der Waals surface area (Å²) >= 11 is 0. The summed E-state index contributed by atoms with van der Waals surface area (Å²) in [5.41, 5.74) is 4.17. The van der Waals surface area contributed by atoms with Crippen LogP contribution >= 0.6 is 0 Å². The lowest BCUT2D eigenvalue weighted by atomic mass is 9.69. The van der Waals surface area contributed by atoms with E-state index in [1.54, 1.807) is 13.8 Å². The molecule has 6 nitrogen and oxygen atoms in total. The minimum absolute atomic E-state index is 0.202. The number of esters is 2. The van der Waals surface area contributed by atoms with Crippen molar-refractivity contribution < 1.29 is 23.9 Å². The maximum absolute atomic E-state index is 13.5. The van der Waals surface area contributed by atoms with E-state index in [1.165, 1.54) is 7.11 Å². The van der Waals surface area contributed by atoms with Crippen LogP contribution in [0.3, 0.4) is 0 Å². The van der Waals surface area contributed by atoms with Crippen LogP contribution in [0.4, 0.5) is 0 Å². The predicted octanol–water partition coefficient (Wildman–Crippen LogP) is 3.56. The normalized spacial score (nSPS) is 23.8. The number of carbonyl (C=O) groups excluding carboxylic acids is 3. The molecule has 1 N–H and O–H groups in total. The van der Waals surface area contributed by atoms with E-state index in [2.05, 4.69) is 5.32 Å². The van der Waals surface area contributed by atoms with Gasteiger partial charge in [-0.3, -0.25) is 9.59 Å². The largest absolute Gasteiger partial charge is 0.468 e. The van der Waals surface area contributed by atoms with Crippen LogP contribution in [0.2, 0.25) is 0 Å². The second-order valence-electron chi connectivity index (χ2n) is 8.40. The maximum atomic E-state index is 13.5. The topological polar surface area (TPSA) is 81.7 Å². The van der Waals surface area contributed by atoms with Gasteiger partial charge in [0.2, 0.25) is 0 Å². The van der Waals surface area contributed by atoms with Crippen molar-refractivity contribution in [2.75, 3.05) is 7.11 Å². The summed E-state index contributed by atoms with van der Waals surface area (Å²) in [6.07, 6.45) is 0.226. The summed E-state index contributed by atoms with van der Waals surface area (Å²) in [4.78, 5) is 39.0. The minimum Gasteiger partial charge on any atom is -0.468 e. The van der Waals surface area contributed by atoms with Gasteiger partial charge in [-0.05, 0) is 45.6 Å². The molecule has 0 radical (unpaired) electrons. The molecule has 3 rings (SSSR count). The number of allylic oxidation sites excluding steroid dienone is 3. The Bertz CT molecular complexity index is 939. The molecule has 0 fully saturated rings. The van der Waals surface area contributed by atoms with E-state index in [0.29, 0.717) is 23.3 Å². The van der Waals surface area contributed by atoms with Gasteiger partial charge in [-0.15, -0.1) is 0 Å². The molecule has 1 aliphatic carbocycles. The van der Waals surface area contributed by atoms with E-state index in [0.717, 1.165) is 16.8 Å². The predicted molar refractivity (Wildman–Crippen MR) is 112 cm³/mol. The number of dihydropyridines is 1. The average Bonchev–Trinajstić information content (AvgIpc) is 2.66. The third kappa shape index (κ3) is 3.91. The first-order valence-corrected chi connectivity index (χ1v) is 10.3. The molecule has 160 valence electrons. The van der Waals surface area contributed by atoms with Gasteiger partial charge in [0, 0.05) is 22.9 Å². The van der Waals surface area contributed by atoms with Gasteiger partial charge in [-0.2, -0.15) is 0 Å². The Morgan fingerprint density at radius 3 is 2.33 bits per heavy atom. The quantitative estimate of drug-likeness (QED) is 0.603. The van der Waals surface area contributed by atoms with E-state index in [4.69, 9.17) is 9.47 Å². The van der Waals surface area contributed by atoms with Crippen LogP contribution in [0.1, 0.15) is 51.2 Å². The third-order valence-electron chi connectivity index (χ3n) is 5.72. The first-order chi connectivity index (χ1) is 14.1. The monoisotopic (exact) mass is 411 g/mol. The molecular weight excluding hydrogens is 382 g/mol. The van der Waals surface area contributed by atoms with E-state index in [-0.39, 0.29) is 17.8 Å². The SMILES string of the molecule is COC(=O)[C@@H]1C(=O)C2=C(C[C@H]1C)NC(C)=C(C(=O)OC(C)C)[C@H]2c1ccc(C)cc1. The Kier molecular flexibility index (Phi) is 6.15. The fourth-order valence-electron chi connectivity index (χ4n) is 4.32. The molecule has 0 saturated carbocycles. The number of ether oxygens (including phenoxy) is 2. The number of rotatable bonds is 4. The van der Waals surface area contributed by atoms with E-state index in [9.17, 15) is 14.4 Å². The number of hydrogen-bond acceptors (Lipinski definition) is 6. The standard InChI is InChI=1S/C24H29NO5/c1-12(2)30-24(28)19-15(5)25-17-11-14(4)18(23(27)29-6)22(26)21(17)20(19)16-9-7-13(3)8-10-16/h7-10,12,14,18,20,25H,11H2,1-6H3/t14-,18+,20-/m1/s1. The molecule has 3 atom stereocenters. The van der Waals surface area contributed by atoms with Crippen molar-refractivity contribution >= 4 is 17.7 Å². The Balaban J connectivity index is 2.17. The molecule has 1 aromatic rings. The van der Waals surface area contributed by atoms with Crippen molar-refractivity contribution in [1.82, 2.24) is 5.32 Å². The first kappa shape index (κ1) is 21.8. The summed E-state index contributed by atoms with van der Waals surface area (Å²) in [6.45, 7) is 9.25. The van der Waals surface area contributed by atoms with Gasteiger partial charge in [0.05, 0.1) is 18.8 Å². The Hall–Kier alpha value is -2.89. The lowest BCUT2D eigenvalue weighted by Gasteiger charge is -2.38. The third-order valence-corrected chi connectivity index (χ3v) is 5.72. The number of methoxy groups -OCH3 is 1. The molecule has 1 aliphatic heterocycles. The first-order valence-electron chi connectivity index (χ1n) is 10.3. The van der Waals surface area contributed by atoms with E-state index < -0.39 is 23.8 Å². The molecule has 0 aromatic heterocycles. The Morgan fingerprint density at radius 2 is 1.77 bits per heavy atom. The van der Waals surface area contributed by atoms with Gasteiger partial charge >= 0.3 is 11.9 Å². The van der Waals surface area contributed by atoms with Crippen molar-refractivity contribution in [3.63, 3.8) is 0 Å². The summed E-state index contributed by atoms with van der Waals surface area (Å²) in [5.74, 6) is -2.99. The van der Waals surface area contributed by atoms with E-state index >= 15 is 0 Å². The van der Waals surface area contributed by atoms with E-state index in [1.807, 2.05) is 45.0 Å². The molecule has 0 saturated heterocycles. The van der Waals surface area contributed by atoms with Crippen LogP contribution in [-0.2, 0) is 23.9 Å². The van der Waals surface area contributed by atoms with Gasteiger partial charge in [0.25, 0.3) is 0 Å². The summed E-state index contributed by atoms with van der Waals surface area (Å²) < 4.78 is 10.4. The maximum Gasteiger partial charge on any atom is 0.337 e. The van der Waals surface area contributed by atoms with Gasteiger partial charge in [0.15, 0.2) is 5.78 Å². The smallest absolute Gasteiger partial charge is 0.337 e. The highest BCUT2D eigenvalue weighted by Crippen LogP contribution is 2.45. The number of ketones is 1. The second kappa shape index (κ2) is 8.46. The fourth-order valence-corrected chi connectivity index (χ4v) is 4.32. The molecule has 0 bridgehead atoms. The zero-order valence-electron chi connectivity index (χ0n) is 18.4. The number of Topliss-reactive ketones (excluding diaryl/α,β-unsaturated/α-hetero) is 1. The highest BCUT2D eigenvalue weighted by molar-refractivity contribution is 6.12. The lowest BCUT2D eigenvalue weighted by molar-refractivity contribution is -0.151. The van der Waals surface area contributed by atoms with Crippen molar-refractivity contribution in [3.05, 3.63) is 57.9 Å². The van der Waals surface area contributed by atoms with Gasteiger partial charge in [0.1, 0.15) is 5.92 Å². The highest BCUT2D eigenvalue weighted by Gasteiger charge is 2.47. The summed E-state index contributed by atoms with van der Waals surface area (Å²) in [6, 6.07) is 7.74. The van der Waals surface area contributed by atoms with Crippen LogP contribution in [0, 0.1) is 18.8 Å². The lowest BCUT2D eigenvalue weighted by Crippen LogP contribution is -2.43. The van der Waals surface area contributed by atoms with Crippen LogP contribution < -0.4 is 5.32 Å². The zero-order chi connectivity index (χ0) is 22.2. The van der Waals surface area contributed by atoms with Crippen LogP contribution in [0.5, 0.6) is 0 Å². The molecule has 30 heavy (non-hydrogen) atoms.